The van der Waals surface area contributed by atoms with Crippen molar-refractivity contribution < 1.29 is 0 Å². The zero-order valence-corrected chi connectivity index (χ0v) is 16.8. The van der Waals surface area contributed by atoms with Gasteiger partial charge in [0.2, 0.25) is 0 Å². The van der Waals surface area contributed by atoms with Crippen LogP contribution in [-0.4, -0.2) is 14.5 Å². The third-order valence-corrected chi connectivity index (χ3v) is 7.73. The van der Waals surface area contributed by atoms with Crippen LogP contribution in [0.25, 0.3) is 57.5 Å². The van der Waals surface area contributed by atoms with Crippen molar-refractivity contribution in [2.24, 2.45) is 0 Å². The van der Waals surface area contributed by atoms with E-state index in [4.69, 9.17) is 9.97 Å². The first-order valence-electron chi connectivity index (χ1n) is 9.44. The van der Waals surface area contributed by atoms with Crippen LogP contribution in [0.15, 0.2) is 79.0 Å². The van der Waals surface area contributed by atoms with Crippen LogP contribution in [0.4, 0.5) is 0 Å². The normalized spacial score (nSPS) is 12.1. The molecule has 0 atom stereocenters. The van der Waals surface area contributed by atoms with E-state index in [-0.39, 0.29) is 0 Å². The lowest BCUT2D eigenvalue weighted by Gasteiger charge is -2.02. The minimum Gasteiger partial charge on any atom is -0.283 e. The van der Waals surface area contributed by atoms with Gasteiger partial charge >= 0.3 is 0 Å². The van der Waals surface area contributed by atoms with Crippen molar-refractivity contribution in [3.8, 4) is 5.13 Å². The maximum Gasteiger partial charge on any atom is 0.195 e. The largest absolute Gasteiger partial charge is 0.283 e. The summed E-state index contributed by atoms with van der Waals surface area (Å²) in [5.74, 6) is 0. The van der Waals surface area contributed by atoms with Crippen LogP contribution in [0.1, 0.15) is 0 Å². The minimum absolute atomic E-state index is 0.986. The van der Waals surface area contributed by atoms with E-state index in [9.17, 15) is 0 Å². The molecule has 4 heterocycles. The minimum atomic E-state index is 0.986. The molecule has 29 heavy (non-hydrogen) atoms. The quantitative estimate of drug-likeness (QED) is 0.289. The van der Waals surface area contributed by atoms with Crippen molar-refractivity contribution in [3.05, 3.63) is 79.0 Å². The SMILES string of the molecule is c1ccc2sc(-n3c4cccnc4c4c5sc6ccccc6c5ccc43)nc2c1. The van der Waals surface area contributed by atoms with E-state index in [1.54, 1.807) is 11.3 Å². The van der Waals surface area contributed by atoms with Gasteiger partial charge in [-0.3, -0.25) is 9.55 Å². The average molecular weight is 408 g/mol. The fourth-order valence-corrected chi connectivity index (χ4v) is 6.49. The molecule has 3 aromatic carbocycles. The van der Waals surface area contributed by atoms with Crippen LogP contribution >= 0.6 is 22.7 Å². The monoisotopic (exact) mass is 407 g/mol. The third kappa shape index (κ3) is 2.06. The standard InChI is InChI=1S/C24H13N3S2/c1-3-9-19-14(6-1)15-11-12-17-21(23(15)28-19)22-18(8-5-13-25-22)27(17)24-26-16-7-2-4-10-20(16)29-24/h1-13H. The zero-order valence-electron chi connectivity index (χ0n) is 15.2. The summed E-state index contributed by atoms with van der Waals surface area (Å²) >= 11 is 3.57. The van der Waals surface area contributed by atoms with Crippen LogP contribution in [-0.2, 0) is 0 Å². The average Bonchev–Trinajstić information content (AvgIpc) is 3.44. The van der Waals surface area contributed by atoms with Gasteiger partial charge in [-0.25, -0.2) is 4.98 Å². The lowest BCUT2D eigenvalue weighted by Crippen LogP contribution is -1.92. The van der Waals surface area contributed by atoms with Gasteiger partial charge in [0.1, 0.15) is 0 Å². The Labute approximate surface area is 173 Å². The maximum atomic E-state index is 4.94. The van der Waals surface area contributed by atoms with Crippen molar-refractivity contribution in [1.82, 2.24) is 14.5 Å². The number of para-hydroxylation sites is 1. The number of benzene rings is 3. The summed E-state index contributed by atoms with van der Waals surface area (Å²) in [7, 11) is 0. The molecule has 0 aliphatic heterocycles. The Morgan fingerprint density at radius 1 is 0.690 bits per heavy atom. The van der Waals surface area contributed by atoms with Gasteiger partial charge in [0, 0.05) is 31.8 Å². The Morgan fingerprint density at radius 2 is 1.55 bits per heavy atom. The van der Waals surface area contributed by atoms with Gasteiger partial charge in [-0.2, -0.15) is 0 Å². The molecule has 4 aromatic heterocycles. The molecular formula is C24H13N3S2. The van der Waals surface area contributed by atoms with Gasteiger partial charge in [-0.1, -0.05) is 47.7 Å². The summed E-state index contributed by atoms with van der Waals surface area (Å²) in [6, 6.07) is 25.6. The molecule has 0 amide bonds. The Balaban J connectivity index is 1.70. The molecule has 0 bridgehead atoms. The van der Waals surface area contributed by atoms with Gasteiger partial charge in [-0.15, -0.1) is 11.3 Å². The van der Waals surface area contributed by atoms with Gasteiger partial charge in [0.25, 0.3) is 0 Å². The van der Waals surface area contributed by atoms with Gasteiger partial charge in [0.05, 0.1) is 26.8 Å². The highest BCUT2D eigenvalue weighted by molar-refractivity contribution is 7.26. The number of thiazole rings is 1. The van der Waals surface area contributed by atoms with Crippen LogP contribution in [0.3, 0.4) is 0 Å². The van der Waals surface area contributed by atoms with Crippen molar-refractivity contribution in [2.45, 2.75) is 0 Å². The zero-order chi connectivity index (χ0) is 18.9. The molecule has 0 saturated carbocycles. The second-order valence-electron chi connectivity index (χ2n) is 7.11. The number of hydrogen-bond donors (Lipinski definition) is 0. The Hall–Kier alpha value is -3.28. The lowest BCUT2D eigenvalue weighted by molar-refractivity contribution is 1.15. The molecule has 0 spiro atoms. The number of pyridine rings is 1. The molecule has 0 radical (unpaired) electrons. The number of hydrogen-bond acceptors (Lipinski definition) is 4. The second kappa shape index (κ2) is 5.63. The van der Waals surface area contributed by atoms with Crippen LogP contribution < -0.4 is 0 Å². The van der Waals surface area contributed by atoms with Gasteiger partial charge < -0.3 is 0 Å². The van der Waals surface area contributed by atoms with Crippen molar-refractivity contribution in [2.75, 3.05) is 0 Å². The lowest BCUT2D eigenvalue weighted by atomic mass is 10.1. The highest BCUT2D eigenvalue weighted by Gasteiger charge is 2.19. The van der Waals surface area contributed by atoms with Crippen molar-refractivity contribution in [1.29, 1.82) is 0 Å². The maximum absolute atomic E-state index is 4.94. The molecule has 5 heteroatoms. The Bertz CT molecular complexity index is 1690. The molecule has 0 saturated heterocycles. The molecule has 0 unspecified atom stereocenters. The summed E-state index contributed by atoms with van der Waals surface area (Å²) in [4.78, 5) is 9.73. The van der Waals surface area contributed by atoms with Crippen LogP contribution in [0.5, 0.6) is 0 Å². The summed E-state index contributed by atoms with van der Waals surface area (Å²) < 4.78 is 6.08. The molecule has 7 rings (SSSR count). The van der Waals surface area contributed by atoms with E-state index in [2.05, 4.69) is 65.2 Å². The predicted molar refractivity (Wildman–Crippen MR) is 125 cm³/mol. The van der Waals surface area contributed by atoms with E-state index in [0.29, 0.717) is 0 Å². The summed E-state index contributed by atoms with van der Waals surface area (Å²) in [6.45, 7) is 0. The number of thiophene rings is 1. The molecule has 0 fully saturated rings. The fourth-order valence-electron chi connectivity index (χ4n) is 4.26. The number of aromatic nitrogens is 3. The second-order valence-corrected chi connectivity index (χ2v) is 9.17. The van der Waals surface area contributed by atoms with E-state index >= 15 is 0 Å². The summed E-state index contributed by atoms with van der Waals surface area (Å²) in [5.41, 5.74) is 4.34. The third-order valence-electron chi connectivity index (χ3n) is 5.50. The number of rotatable bonds is 1. The van der Waals surface area contributed by atoms with Crippen molar-refractivity contribution in [3.63, 3.8) is 0 Å². The predicted octanol–water partition coefficient (Wildman–Crippen LogP) is 7.16. The highest BCUT2D eigenvalue weighted by atomic mass is 32.1. The molecule has 136 valence electrons. The summed E-state index contributed by atoms with van der Waals surface area (Å²) in [5, 5.41) is 4.82. The number of fused-ring (bicyclic) bond motifs is 8. The molecule has 0 aliphatic carbocycles. The Kier molecular flexibility index (Phi) is 3.03. The number of nitrogens with zero attached hydrogens (tertiary/aromatic N) is 3. The molecule has 0 N–H and O–H groups in total. The van der Waals surface area contributed by atoms with E-state index in [1.165, 1.54) is 30.3 Å². The van der Waals surface area contributed by atoms with Crippen molar-refractivity contribution >= 4 is 75.0 Å². The Morgan fingerprint density at radius 3 is 2.48 bits per heavy atom. The van der Waals surface area contributed by atoms with E-state index < -0.39 is 0 Å². The molecule has 0 aliphatic rings. The first-order valence-corrected chi connectivity index (χ1v) is 11.1. The molecule has 7 aromatic rings. The summed E-state index contributed by atoms with van der Waals surface area (Å²) in [6.07, 6.45) is 1.89. The first-order chi connectivity index (χ1) is 14.4. The van der Waals surface area contributed by atoms with Gasteiger partial charge in [0.15, 0.2) is 5.13 Å². The van der Waals surface area contributed by atoms with Crippen LogP contribution in [0.2, 0.25) is 0 Å². The fraction of sp³-hybridized carbons (Fsp3) is 0. The molecule has 3 nitrogen and oxygen atoms in total. The highest BCUT2D eigenvalue weighted by Crippen LogP contribution is 2.43. The van der Waals surface area contributed by atoms with E-state index in [0.717, 1.165) is 27.2 Å². The first kappa shape index (κ1) is 15.6. The topological polar surface area (TPSA) is 30.7 Å². The van der Waals surface area contributed by atoms with E-state index in [1.807, 2.05) is 29.7 Å². The smallest absolute Gasteiger partial charge is 0.195 e. The molecular weight excluding hydrogens is 394 g/mol. The van der Waals surface area contributed by atoms with Crippen LogP contribution in [0, 0.1) is 0 Å². The van der Waals surface area contributed by atoms with Gasteiger partial charge in [-0.05, 0) is 36.4 Å².